The molecule has 0 bridgehead atoms. The SMILES string of the molecule is CCN(C(=O)Nc1ccccc1Cl)c1nc(-c2ccc(C)cc2)cs1. The van der Waals surface area contributed by atoms with Gasteiger partial charge in [0.2, 0.25) is 0 Å². The molecule has 3 aromatic rings. The lowest BCUT2D eigenvalue weighted by molar-refractivity contribution is 0.257. The second-order valence-corrected chi connectivity index (χ2v) is 6.78. The first-order valence-electron chi connectivity index (χ1n) is 7.94. The molecular weight excluding hydrogens is 354 g/mol. The molecule has 0 saturated heterocycles. The molecule has 3 rings (SSSR count). The van der Waals surface area contributed by atoms with Crippen LogP contribution < -0.4 is 10.2 Å². The number of nitrogens with one attached hydrogen (secondary N) is 1. The molecule has 1 N–H and O–H groups in total. The Labute approximate surface area is 156 Å². The molecule has 1 heterocycles. The standard InChI is InChI=1S/C19H18ClN3OS/c1-3-23(18(24)21-16-7-5-4-6-15(16)20)19-22-17(12-25-19)14-10-8-13(2)9-11-14/h4-12H,3H2,1-2H3,(H,21,24). The minimum atomic E-state index is -0.250. The van der Waals surface area contributed by atoms with E-state index < -0.39 is 0 Å². The third kappa shape index (κ3) is 4.00. The molecule has 0 saturated carbocycles. The van der Waals surface area contributed by atoms with Crippen molar-refractivity contribution in [3.63, 3.8) is 0 Å². The van der Waals surface area contributed by atoms with Crippen LogP contribution in [0.1, 0.15) is 12.5 Å². The van der Waals surface area contributed by atoms with Crippen LogP contribution in [0.25, 0.3) is 11.3 Å². The molecule has 128 valence electrons. The number of amides is 2. The summed E-state index contributed by atoms with van der Waals surface area (Å²) in [7, 11) is 0. The number of para-hydroxylation sites is 1. The Bertz CT molecular complexity index is 876. The molecule has 1 aromatic heterocycles. The lowest BCUT2D eigenvalue weighted by Crippen LogP contribution is -2.34. The van der Waals surface area contributed by atoms with Gasteiger partial charge in [-0.15, -0.1) is 11.3 Å². The Balaban J connectivity index is 1.80. The fourth-order valence-electron chi connectivity index (χ4n) is 2.36. The summed E-state index contributed by atoms with van der Waals surface area (Å²) in [6.45, 7) is 4.48. The molecule has 25 heavy (non-hydrogen) atoms. The van der Waals surface area contributed by atoms with Gasteiger partial charge in [-0.2, -0.15) is 0 Å². The van der Waals surface area contributed by atoms with E-state index in [1.165, 1.54) is 16.9 Å². The summed E-state index contributed by atoms with van der Waals surface area (Å²) in [5.41, 5.74) is 3.69. The number of aryl methyl sites for hydroxylation is 1. The number of benzene rings is 2. The summed E-state index contributed by atoms with van der Waals surface area (Å²) >= 11 is 7.56. The molecule has 0 spiro atoms. The Morgan fingerprint density at radius 2 is 1.92 bits per heavy atom. The van der Waals surface area contributed by atoms with E-state index in [9.17, 15) is 4.79 Å². The highest BCUT2D eigenvalue weighted by atomic mass is 35.5. The lowest BCUT2D eigenvalue weighted by Gasteiger charge is -2.18. The van der Waals surface area contributed by atoms with Crippen LogP contribution in [-0.2, 0) is 0 Å². The van der Waals surface area contributed by atoms with Gasteiger partial charge in [0.1, 0.15) is 0 Å². The predicted octanol–water partition coefficient (Wildman–Crippen LogP) is 5.83. The lowest BCUT2D eigenvalue weighted by atomic mass is 10.1. The second-order valence-electron chi connectivity index (χ2n) is 5.54. The quantitative estimate of drug-likeness (QED) is 0.627. The molecule has 0 unspecified atom stereocenters. The van der Waals surface area contributed by atoms with Crippen molar-refractivity contribution in [2.75, 3.05) is 16.8 Å². The zero-order valence-corrected chi connectivity index (χ0v) is 15.6. The summed E-state index contributed by atoms with van der Waals surface area (Å²) in [4.78, 5) is 18.8. The van der Waals surface area contributed by atoms with Crippen molar-refractivity contribution in [2.45, 2.75) is 13.8 Å². The fourth-order valence-corrected chi connectivity index (χ4v) is 3.44. The highest BCUT2D eigenvalue weighted by Gasteiger charge is 2.18. The number of urea groups is 1. The molecule has 2 amide bonds. The van der Waals surface area contributed by atoms with Gasteiger partial charge in [0.25, 0.3) is 0 Å². The van der Waals surface area contributed by atoms with E-state index in [-0.39, 0.29) is 6.03 Å². The smallest absolute Gasteiger partial charge is 0.306 e. The zero-order chi connectivity index (χ0) is 17.8. The van der Waals surface area contributed by atoms with Crippen molar-refractivity contribution >= 4 is 39.8 Å². The van der Waals surface area contributed by atoms with Crippen molar-refractivity contribution in [2.24, 2.45) is 0 Å². The molecule has 2 aromatic carbocycles. The van der Waals surface area contributed by atoms with Gasteiger partial charge < -0.3 is 5.32 Å². The number of aromatic nitrogens is 1. The first kappa shape index (κ1) is 17.5. The van der Waals surface area contributed by atoms with E-state index in [4.69, 9.17) is 11.6 Å². The predicted molar refractivity (Wildman–Crippen MR) is 106 cm³/mol. The van der Waals surface area contributed by atoms with Crippen LogP contribution >= 0.6 is 22.9 Å². The molecule has 4 nitrogen and oxygen atoms in total. The highest BCUT2D eigenvalue weighted by Crippen LogP contribution is 2.28. The fraction of sp³-hybridized carbons (Fsp3) is 0.158. The van der Waals surface area contributed by atoms with Crippen LogP contribution in [0, 0.1) is 6.92 Å². The number of carbonyl (C=O) groups excluding carboxylic acids is 1. The maximum Gasteiger partial charge on any atom is 0.328 e. The molecule has 0 aliphatic carbocycles. The minimum Gasteiger partial charge on any atom is -0.306 e. The van der Waals surface area contributed by atoms with Gasteiger partial charge in [0.05, 0.1) is 16.4 Å². The summed E-state index contributed by atoms with van der Waals surface area (Å²) < 4.78 is 0. The molecule has 6 heteroatoms. The van der Waals surface area contributed by atoms with E-state index in [1.54, 1.807) is 17.0 Å². The van der Waals surface area contributed by atoms with Gasteiger partial charge in [-0.05, 0) is 26.0 Å². The number of carbonyl (C=O) groups is 1. The third-order valence-corrected chi connectivity index (χ3v) is 4.94. The van der Waals surface area contributed by atoms with E-state index in [2.05, 4.69) is 22.4 Å². The second kappa shape index (κ2) is 7.68. The van der Waals surface area contributed by atoms with Gasteiger partial charge >= 0.3 is 6.03 Å². The molecule has 0 atom stereocenters. The molecule has 0 aliphatic rings. The zero-order valence-electron chi connectivity index (χ0n) is 14.0. The summed E-state index contributed by atoms with van der Waals surface area (Å²) in [5, 5.41) is 5.96. The van der Waals surface area contributed by atoms with Gasteiger partial charge in [0, 0.05) is 17.5 Å². The first-order valence-corrected chi connectivity index (χ1v) is 9.20. The van der Waals surface area contributed by atoms with Crippen LogP contribution in [0.3, 0.4) is 0 Å². The van der Waals surface area contributed by atoms with Crippen molar-refractivity contribution in [3.8, 4) is 11.3 Å². The average molecular weight is 372 g/mol. The Morgan fingerprint density at radius 3 is 2.60 bits per heavy atom. The maximum absolute atomic E-state index is 12.6. The minimum absolute atomic E-state index is 0.250. The number of hydrogen-bond donors (Lipinski definition) is 1. The van der Waals surface area contributed by atoms with E-state index >= 15 is 0 Å². The number of halogens is 1. The van der Waals surface area contributed by atoms with Gasteiger partial charge in [-0.1, -0.05) is 53.6 Å². The average Bonchev–Trinajstić information content (AvgIpc) is 3.08. The van der Waals surface area contributed by atoms with Gasteiger partial charge in [-0.3, -0.25) is 4.90 Å². The van der Waals surface area contributed by atoms with Crippen LogP contribution in [0.5, 0.6) is 0 Å². The van der Waals surface area contributed by atoms with Crippen LogP contribution in [0.4, 0.5) is 15.6 Å². The number of thiazole rings is 1. The number of hydrogen-bond acceptors (Lipinski definition) is 3. The third-order valence-electron chi connectivity index (χ3n) is 3.75. The Morgan fingerprint density at radius 1 is 1.20 bits per heavy atom. The van der Waals surface area contributed by atoms with E-state index in [1.807, 2.05) is 43.5 Å². The summed E-state index contributed by atoms with van der Waals surface area (Å²) in [5.74, 6) is 0. The molecule has 0 radical (unpaired) electrons. The van der Waals surface area contributed by atoms with Gasteiger partial charge in [-0.25, -0.2) is 9.78 Å². The summed E-state index contributed by atoms with van der Waals surface area (Å²) in [6, 6.07) is 15.1. The van der Waals surface area contributed by atoms with Crippen molar-refractivity contribution in [1.82, 2.24) is 4.98 Å². The number of anilines is 2. The van der Waals surface area contributed by atoms with Gasteiger partial charge in [0.15, 0.2) is 5.13 Å². The molecular formula is C19H18ClN3OS. The van der Waals surface area contributed by atoms with E-state index in [0.29, 0.717) is 22.4 Å². The van der Waals surface area contributed by atoms with Crippen LogP contribution in [-0.4, -0.2) is 17.6 Å². The van der Waals surface area contributed by atoms with E-state index in [0.717, 1.165) is 11.3 Å². The summed E-state index contributed by atoms with van der Waals surface area (Å²) in [6.07, 6.45) is 0. The normalized spacial score (nSPS) is 10.5. The largest absolute Gasteiger partial charge is 0.328 e. The number of rotatable bonds is 4. The van der Waals surface area contributed by atoms with Crippen LogP contribution in [0.2, 0.25) is 5.02 Å². The highest BCUT2D eigenvalue weighted by molar-refractivity contribution is 7.14. The maximum atomic E-state index is 12.6. The van der Waals surface area contributed by atoms with Crippen molar-refractivity contribution in [1.29, 1.82) is 0 Å². The first-order chi connectivity index (χ1) is 12.1. The molecule has 0 aliphatic heterocycles. The molecule has 0 fully saturated rings. The topological polar surface area (TPSA) is 45.2 Å². The monoisotopic (exact) mass is 371 g/mol. The van der Waals surface area contributed by atoms with Crippen molar-refractivity contribution in [3.05, 3.63) is 64.5 Å². The van der Waals surface area contributed by atoms with Crippen LogP contribution in [0.15, 0.2) is 53.9 Å². The Hall–Kier alpha value is -2.37. The van der Waals surface area contributed by atoms with Crippen molar-refractivity contribution < 1.29 is 4.79 Å². The Kier molecular flexibility index (Phi) is 5.36. The number of nitrogens with zero attached hydrogens (tertiary/aromatic N) is 2.